The van der Waals surface area contributed by atoms with Crippen LogP contribution in [0.2, 0.25) is 0 Å². The van der Waals surface area contributed by atoms with Gasteiger partial charge in [0, 0.05) is 11.1 Å². The zero-order chi connectivity index (χ0) is 16.4. The van der Waals surface area contributed by atoms with Gasteiger partial charge in [-0.3, -0.25) is 15.6 Å². The third kappa shape index (κ3) is 3.37. The first-order valence-corrected chi connectivity index (χ1v) is 7.59. The number of para-hydroxylation sites is 1. The van der Waals surface area contributed by atoms with Crippen molar-refractivity contribution in [3.05, 3.63) is 65.2 Å². The van der Waals surface area contributed by atoms with E-state index >= 15 is 0 Å². The van der Waals surface area contributed by atoms with Gasteiger partial charge < -0.3 is 4.74 Å². The van der Waals surface area contributed by atoms with Crippen molar-refractivity contribution in [1.82, 2.24) is 5.43 Å². The Morgan fingerprint density at radius 1 is 1.13 bits per heavy atom. The van der Waals surface area contributed by atoms with Gasteiger partial charge in [0.2, 0.25) is 0 Å². The maximum Gasteiger partial charge on any atom is 0.269 e. The van der Waals surface area contributed by atoms with Crippen LogP contribution in [-0.2, 0) is 0 Å². The number of hydrogen-bond acceptors (Lipinski definition) is 3. The third-order valence-electron chi connectivity index (χ3n) is 3.77. The fraction of sp³-hybridized carbons (Fsp3) is 0.211. The Hall–Kier alpha value is -2.75. The molecule has 0 saturated heterocycles. The Morgan fingerprint density at radius 2 is 1.91 bits per heavy atom. The molecule has 0 unspecified atom stereocenters. The summed E-state index contributed by atoms with van der Waals surface area (Å²) in [5.74, 6) is 0.607. The molecule has 4 nitrogen and oxygen atoms in total. The number of nitrogens with one attached hydrogen (secondary N) is 2. The minimum Gasteiger partial charge on any atom is -0.483 e. The predicted octanol–water partition coefficient (Wildman–Crippen LogP) is 3.94. The molecule has 2 N–H and O–H groups in total. The molecule has 118 valence electrons. The lowest BCUT2D eigenvalue weighted by Crippen LogP contribution is -2.30. The summed E-state index contributed by atoms with van der Waals surface area (Å²) in [7, 11) is 0. The molecule has 23 heavy (non-hydrogen) atoms. The quantitative estimate of drug-likeness (QED) is 0.845. The van der Waals surface area contributed by atoms with Gasteiger partial charge in [-0.1, -0.05) is 24.3 Å². The van der Waals surface area contributed by atoms with Crippen LogP contribution in [0.3, 0.4) is 0 Å². The summed E-state index contributed by atoms with van der Waals surface area (Å²) in [6, 6.07) is 13.2. The fourth-order valence-electron chi connectivity index (χ4n) is 2.43. The second-order valence-corrected chi connectivity index (χ2v) is 6.19. The molecule has 2 aromatic rings. The van der Waals surface area contributed by atoms with E-state index in [4.69, 9.17) is 4.74 Å². The third-order valence-corrected chi connectivity index (χ3v) is 3.77. The predicted molar refractivity (Wildman–Crippen MR) is 92.5 cm³/mol. The lowest BCUT2D eigenvalue weighted by molar-refractivity contribution is 0.0962. The molecule has 1 aliphatic rings. The van der Waals surface area contributed by atoms with Crippen LogP contribution < -0.4 is 15.6 Å². The second-order valence-electron chi connectivity index (χ2n) is 6.19. The SMILES string of the molecule is Cc1ccccc1NNC(=O)c1ccc2c(c1)C=CC(C)(C)O2. The first-order chi connectivity index (χ1) is 10.9. The summed E-state index contributed by atoms with van der Waals surface area (Å²) in [6.45, 7) is 5.98. The Balaban J connectivity index is 1.73. The number of aryl methyl sites for hydroxylation is 1. The molecule has 4 heteroatoms. The van der Waals surface area contributed by atoms with Crippen LogP contribution in [0.5, 0.6) is 5.75 Å². The Morgan fingerprint density at radius 3 is 2.70 bits per heavy atom. The van der Waals surface area contributed by atoms with Crippen LogP contribution in [-0.4, -0.2) is 11.5 Å². The van der Waals surface area contributed by atoms with Crippen LogP contribution in [0, 0.1) is 6.92 Å². The molecule has 1 amide bonds. The monoisotopic (exact) mass is 308 g/mol. The van der Waals surface area contributed by atoms with Crippen molar-refractivity contribution in [1.29, 1.82) is 0 Å². The van der Waals surface area contributed by atoms with Crippen molar-refractivity contribution >= 4 is 17.7 Å². The van der Waals surface area contributed by atoms with E-state index in [0.29, 0.717) is 5.56 Å². The highest BCUT2D eigenvalue weighted by Crippen LogP contribution is 2.31. The number of hydrazine groups is 1. The van der Waals surface area contributed by atoms with Gasteiger partial charge in [-0.05, 0) is 56.7 Å². The van der Waals surface area contributed by atoms with Gasteiger partial charge in [-0.2, -0.15) is 0 Å². The van der Waals surface area contributed by atoms with Crippen molar-refractivity contribution in [2.45, 2.75) is 26.4 Å². The van der Waals surface area contributed by atoms with E-state index < -0.39 is 0 Å². The molecule has 1 aliphatic heterocycles. The molecule has 0 spiro atoms. The normalized spacial score (nSPS) is 14.6. The molecule has 0 saturated carbocycles. The summed E-state index contributed by atoms with van der Waals surface area (Å²) in [4.78, 5) is 12.3. The van der Waals surface area contributed by atoms with E-state index in [1.165, 1.54) is 0 Å². The van der Waals surface area contributed by atoms with Gasteiger partial charge in [0.1, 0.15) is 11.4 Å². The van der Waals surface area contributed by atoms with Gasteiger partial charge in [-0.15, -0.1) is 0 Å². The number of carbonyl (C=O) groups excluding carboxylic acids is 1. The van der Waals surface area contributed by atoms with E-state index in [-0.39, 0.29) is 11.5 Å². The standard InChI is InChI=1S/C19H20N2O2/c1-13-6-4-5-7-16(13)20-21-18(22)15-8-9-17-14(12-15)10-11-19(2,3)23-17/h4-12,20H,1-3H3,(H,21,22). The number of ether oxygens (including phenoxy) is 1. The maximum absolute atomic E-state index is 12.3. The lowest BCUT2D eigenvalue weighted by atomic mass is 10.0. The second kappa shape index (κ2) is 5.80. The molecule has 3 rings (SSSR count). The van der Waals surface area contributed by atoms with Crippen molar-refractivity contribution in [2.24, 2.45) is 0 Å². The minimum atomic E-state index is -0.316. The van der Waals surface area contributed by atoms with Crippen LogP contribution in [0.15, 0.2) is 48.5 Å². The molecule has 0 atom stereocenters. The average molecular weight is 308 g/mol. The molecule has 0 bridgehead atoms. The van der Waals surface area contributed by atoms with Gasteiger partial charge in [0.05, 0.1) is 5.69 Å². The van der Waals surface area contributed by atoms with E-state index in [0.717, 1.165) is 22.6 Å². The molecular weight excluding hydrogens is 288 g/mol. The topological polar surface area (TPSA) is 50.4 Å². The van der Waals surface area contributed by atoms with Gasteiger partial charge in [0.25, 0.3) is 5.91 Å². The Kier molecular flexibility index (Phi) is 3.82. The van der Waals surface area contributed by atoms with Crippen molar-refractivity contribution in [3.63, 3.8) is 0 Å². The summed E-state index contributed by atoms with van der Waals surface area (Å²) >= 11 is 0. The molecule has 1 heterocycles. The smallest absolute Gasteiger partial charge is 0.269 e. The molecule has 0 radical (unpaired) electrons. The number of hydrogen-bond donors (Lipinski definition) is 2. The van der Waals surface area contributed by atoms with E-state index in [1.807, 2.05) is 69.3 Å². The van der Waals surface area contributed by atoms with Crippen molar-refractivity contribution < 1.29 is 9.53 Å². The van der Waals surface area contributed by atoms with Crippen molar-refractivity contribution in [2.75, 3.05) is 5.43 Å². The Labute approximate surface area is 136 Å². The first kappa shape index (κ1) is 15.2. The minimum absolute atomic E-state index is 0.186. The highest BCUT2D eigenvalue weighted by atomic mass is 16.5. The Bertz CT molecular complexity index is 779. The highest BCUT2D eigenvalue weighted by Gasteiger charge is 2.22. The lowest BCUT2D eigenvalue weighted by Gasteiger charge is -2.27. The van der Waals surface area contributed by atoms with E-state index in [2.05, 4.69) is 10.9 Å². The summed E-state index contributed by atoms with van der Waals surface area (Å²) in [5.41, 5.74) is 8.80. The van der Waals surface area contributed by atoms with Gasteiger partial charge in [0.15, 0.2) is 0 Å². The molecular formula is C19H20N2O2. The molecule has 0 aromatic heterocycles. The van der Waals surface area contributed by atoms with Gasteiger partial charge >= 0.3 is 0 Å². The van der Waals surface area contributed by atoms with Crippen LogP contribution in [0.1, 0.15) is 35.3 Å². The molecule has 0 fully saturated rings. The fourth-order valence-corrected chi connectivity index (χ4v) is 2.43. The van der Waals surface area contributed by atoms with E-state index in [1.54, 1.807) is 6.07 Å². The maximum atomic E-state index is 12.3. The summed E-state index contributed by atoms with van der Waals surface area (Å²) < 4.78 is 5.86. The zero-order valence-electron chi connectivity index (χ0n) is 13.5. The number of rotatable bonds is 3. The average Bonchev–Trinajstić information content (AvgIpc) is 2.52. The van der Waals surface area contributed by atoms with E-state index in [9.17, 15) is 4.79 Å². The van der Waals surface area contributed by atoms with Crippen molar-refractivity contribution in [3.8, 4) is 5.75 Å². The van der Waals surface area contributed by atoms with Crippen LogP contribution in [0.25, 0.3) is 6.08 Å². The summed E-state index contributed by atoms with van der Waals surface area (Å²) in [5, 5.41) is 0. The number of carbonyl (C=O) groups is 1. The first-order valence-electron chi connectivity index (χ1n) is 7.59. The number of benzene rings is 2. The summed E-state index contributed by atoms with van der Waals surface area (Å²) in [6.07, 6.45) is 3.98. The number of anilines is 1. The largest absolute Gasteiger partial charge is 0.483 e. The van der Waals surface area contributed by atoms with Crippen LogP contribution in [0.4, 0.5) is 5.69 Å². The molecule has 0 aliphatic carbocycles. The molecule has 2 aromatic carbocycles. The highest BCUT2D eigenvalue weighted by molar-refractivity contribution is 5.96. The number of amides is 1. The van der Waals surface area contributed by atoms with Gasteiger partial charge in [-0.25, -0.2) is 0 Å². The van der Waals surface area contributed by atoms with Crippen LogP contribution >= 0.6 is 0 Å². The number of fused-ring (bicyclic) bond motifs is 1. The zero-order valence-corrected chi connectivity index (χ0v) is 13.5.